The third-order valence-electron chi connectivity index (χ3n) is 6.48. The van der Waals surface area contributed by atoms with E-state index in [4.69, 9.17) is 9.47 Å². The highest BCUT2D eigenvalue weighted by atomic mass is 16.6. The van der Waals surface area contributed by atoms with E-state index in [-0.39, 0.29) is 0 Å². The number of benzene rings is 1. The van der Waals surface area contributed by atoms with Crippen LogP contribution in [0.5, 0.6) is 11.5 Å². The Labute approximate surface area is 167 Å². The molecular weight excluding hydrogens is 352 g/mol. The minimum Gasteiger partial charge on any atom is -0.486 e. The molecule has 28 heavy (non-hydrogen) atoms. The molecule has 0 unspecified atom stereocenters. The van der Waals surface area contributed by atoms with Crippen molar-refractivity contribution in [2.75, 3.05) is 44.3 Å². The average molecular weight is 383 g/mol. The lowest BCUT2D eigenvalue weighted by Gasteiger charge is -2.36. The smallest absolute Gasteiger partial charge is 0.161 e. The van der Waals surface area contributed by atoms with E-state index >= 15 is 0 Å². The Morgan fingerprint density at radius 1 is 1.04 bits per heavy atom. The molecule has 5 rings (SSSR count). The van der Waals surface area contributed by atoms with Crippen molar-refractivity contribution < 1.29 is 9.47 Å². The fraction of sp³-hybridized carbons (Fsp3) is 0.591. The number of hydrogen-bond acceptors (Lipinski definition) is 5. The summed E-state index contributed by atoms with van der Waals surface area (Å²) in [5, 5.41) is 4.32. The SMILES string of the molecule is Cn1cc(N2CCC(CN3CCC[C@@H]3c3ccc4c(c3)OCCO4)CC2)cn1. The molecule has 0 amide bonds. The molecule has 2 aromatic rings. The van der Waals surface area contributed by atoms with Crippen molar-refractivity contribution in [1.29, 1.82) is 0 Å². The highest BCUT2D eigenvalue weighted by Crippen LogP contribution is 2.39. The van der Waals surface area contributed by atoms with Gasteiger partial charge >= 0.3 is 0 Å². The van der Waals surface area contributed by atoms with E-state index in [1.807, 2.05) is 17.9 Å². The normalized spacial score (nSPS) is 23.3. The van der Waals surface area contributed by atoms with Gasteiger partial charge in [-0.05, 0) is 55.8 Å². The molecule has 150 valence electrons. The third kappa shape index (κ3) is 3.58. The number of anilines is 1. The van der Waals surface area contributed by atoms with Crippen LogP contribution in [0.1, 0.15) is 37.3 Å². The van der Waals surface area contributed by atoms with E-state index in [9.17, 15) is 0 Å². The van der Waals surface area contributed by atoms with Gasteiger partial charge in [-0.1, -0.05) is 6.07 Å². The van der Waals surface area contributed by atoms with E-state index in [1.54, 1.807) is 0 Å². The predicted octanol–water partition coefficient (Wildman–Crippen LogP) is 3.24. The quantitative estimate of drug-likeness (QED) is 0.812. The Kier molecular flexibility index (Phi) is 4.89. The molecule has 3 aliphatic heterocycles. The molecule has 1 aromatic heterocycles. The lowest BCUT2D eigenvalue weighted by Crippen LogP contribution is -2.38. The van der Waals surface area contributed by atoms with Crippen LogP contribution >= 0.6 is 0 Å². The summed E-state index contributed by atoms with van der Waals surface area (Å²) in [6.07, 6.45) is 9.16. The number of aryl methyl sites for hydroxylation is 1. The molecule has 1 aromatic carbocycles. The summed E-state index contributed by atoms with van der Waals surface area (Å²) < 4.78 is 13.4. The van der Waals surface area contributed by atoms with E-state index in [1.165, 1.54) is 50.0 Å². The van der Waals surface area contributed by atoms with Gasteiger partial charge in [-0.15, -0.1) is 0 Å². The minimum absolute atomic E-state index is 0.521. The molecule has 0 saturated carbocycles. The van der Waals surface area contributed by atoms with Crippen LogP contribution in [0, 0.1) is 5.92 Å². The molecule has 4 heterocycles. The van der Waals surface area contributed by atoms with E-state index < -0.39 is 0 Å². The number of piperidine rings is 1. The first-order valence-corrected chi connectivity index (χ1v) is 10.6. The van der Waals surface area contributed by atoms with Crippen LogP contribution in [0.2, 0.25) is 0 Å². The van der Waals surface area contributed by atoms with Crippen molar-refractivity contribution in [3.8, 4) is 11.5 Å². The molecular formula is C22H30N4O2. The molecule has 0 bridgehead atoms. The molecule has 0 aliphatic carbocycles. The zero-order valence-electron chi connectivity index (χ0n) is 16.7. The second kappa shape index (κ2) is 7.66. The van der Waals surface area contributed by atoms with Crippen molar-refractivity contribution in [3.05, 3.63) is 36.2 Å². The Morgan fingerprint density at radius 3 is 2.64 bits per heavy atom. The summed E-state index contributed by atoms with van der Waals surface area (Å²) in [6.45, 7) is 6.00. The summed E-state index contributed by atoms with van der Waals surface area (Å²) in [5.41, 5.74) is 2.64. The van der Waals surface area contributed by atoms with Crippen molar-refractivity contribution in [2.24, 2.45) is 13.0 Å². The number of fused-ring (bicyclic) bond motifs is 1. The second-order valence-corrected chi connectivity index (χ2v) is 8.36. The summed E-state index contributed by atoms with van der Waals surface area (Å²) in [4.78, 5) is 5.18. The maximum absolute atomic E-state index is 5.81. The van der Waals surface area contributed by atoms with E-state index in [0.29, 0.717) is 19.3 Å². The van der Waals surface area contributed by atoms with Crippen LogP contribution < -0.4 is 14.4 Å². The van der Waals surface area contributed by atoms with Crippen LogP contribution in [0.3, 0.4) is 0 Å². The Morgan fingerprint density at radius 2 is 1.86 bits per heavy atom. The molecule has 0 spiro atoms. The van der Waals surface area contributed by atoms with Crippen LogP contribution in [-0.2, 0) is 7.05 Å². The maximum atomic E-state index is 5.81. The second-order valence-electron chi connectivity index (χ2n) is 8.36. The molecule has 0 radical (unpaired) electrons. The van der Waals surface area contributed by atoms with Gasteiger partial charge in [-0.3, -0.25) is 9.58 Å². The molecule has 1 atom stereocenters. The van der Waals surface area contributed by atoms with Crippen molar-refractivity contribution >= 4 is 5.69 Å². The number of likely N-dealkylation sites (tertiary alicyclic amines) is 1. The summed E-state index contributed by atoms with van der Waals surface area (Å²) in [7, 11) is 1.99. The number of nitrogens with zero attached hydrogens (tertiary/aromatic N) is 4. The average Bonchev–Trinajstić information content (AvgIpc) is 3.37. The zero-order chi connectivity index (χ0) is 18.9. The molecule has 0 N–H and O–H groups in total. The fourth-order valence-electron chi connectivity index (χ4n) is 4.97. The Hall–Kier alpha value is -2.21. The van der Waals surface area contributed by atoms with Gasteiger partial charge in [0.2, 0.25) is 0 Å². The van der Waals surface area contributed by atoms with Gasteiger partial charge in [0.25, 0.3) is 0 Å². The predicted molar refractivity (Wildman–Crippen MR) is 109 cm³/mol. The summed E-state index contributed by atoms with van der Waals surface area (Å²) in [6, 6.07) is 7.06. The third-order valence-corrected chi connectivity index (χ3v) is 6.48. The van der Waals surface area contributed by atoms with Gasteiger partial charge in [-0.25, -0.2) is 0 Å². The van der Waals surface area contributed by atoms with E-state index in [0.717, 1.165) is 30.5 Å². The highest BCUT2D eigenvalue weighted by molar-refractivity contribution is 5.45. The van der Waals surface area contributed by atoms with Gasteiger partial charge in [0.1, 0.15) is 13.2 Å². The number of hydrogen-bond donors (Lipinski definition) is 0. The first-order chi connectivity index (χ1) is 13.8. The molecule has 6 heteroatoms. The molecule has 3 aliphatic rings. The van der Waals surface area contributed by atoms with Crippen LogP contribution in [0.15, 0.2) is 30.6 Å². The van der Waals surface area contributed by atoms with Crippen LogP contribution in [0.25, 0.3) is 0 Å². The fourth-order valence-corrected chi connectivity index (χ4v) is 4.97. The summed E-state index contributed by atoms with van der Waals surface area (Å²) in [5.74, 6) is 2.59. The number of ether oxygens (including phenoxy) is 2. The monoisotopic (exact) mass is 382 g/mol. The summed E-state index contributed by atoms with van der Waals surface area (Å²) >= 11 is 0. The molecule has 6 nitrogen and oxygen atoms in total. The van der Waals surface area contributed by atoms with Gasteiger partial charge in [0.15, 0.2) is 11.5 Å². The van der Waals surface area contributed by atoms with Gasteiger partial charge in [0, 0.05) is 38.9 Å². The van der Waals surface area contributed by atoms with E-state index in [2.05, 4.69) is 39.3 Å². The standard InChI is InChI=1S/C22H30N4O2/c1-24-16-19(14-23-24)25-9-6-17(7-10-25)15-26-8-2-3-20(26)18-4-5-21-22(13-18)28-12-11-27-21/h4-5,13-14,16-17,20H,2-3,6-12,15H2,1H3/t20-/m1/s1. The maximum Gasteiger partial charge on any atom is 0.161 e. The number of rotatable bonds is 4. The van der Waals surface area contributed by atoms with Gasteiger partial charge in [-0.2, -0.15) is 5.10 Å². The highest BCUT2D eigenvalue weighted by Gasteiger charge is 2.30. The lowest BCUT2D eigenvalue weighted by atomic mass is 9.95. The Bertz CT molecular complexity index is 813. The largest absolute Gasteiger partial charge is 0.486 e. The van der Waals surface area contributed by atoms with Crippen LogP contribution in [0.4, 0.5) is 5.69 Å². The van der Waals surface area contributed by atoms with Crippen LogP contribution in [-0.4, -0.2) is 54.1 Å². The number of aromatic nitrogens is 2. The van der Waals surface area contributed by atoms with Crippen molar-refractivity contribution in [2.45, 2.75) is 31.7 Å². The minimum atomic E-state index is 0.521. The van der Waals surface area contributed by atoms with Gasteiger partial charge in [0.05, 0.1) is 11.9 Å². The topological polar surface area (TPSA) is 42.8 Å². The van der Waals surface area contributed by atoms with Crippen molar-refractivity contribution in [1.82, 2.24) is 14.7 Å². The van der Waals surface area contributed by atoms with Gasteiger partial charge < -0.3 is 14.4 Å². The van der Waals surface area contributed by atoms with Crippen molar-refractivity contribution in [3.63, 3.8) is 0 Å². The lowest BCUT2D eigenvalue weighted by molar-refractivity contribution is 0.169. The molecule has 2 saturated heterocycles. The Balaban J connectivity index is 1.21. The first kappa shape index (κ1) is 17.9. The zero-order valence-corrected chi connectivity index (χ0v) is 16.7. The first-order valence-electron chi connectivity index (χ1n) is 10.6. The molecule has 2 fully saturated rings.